The number of carbonyl (C=O) groups excluding carboxylic acids is 1. The van der Waals surface area contributed by atoms with Crippen LogP contribution in [0.15, 0.2) is 41.3 Å². The maximum atomic E-state index is 13.9. The molecule has 0 bridgehead atoms. The van der Waals surface area contributed by atoms with Crippen molar-refractivity contribution in [3.63, 3.8) is 0 Å². The van der Waals surface area contributed by atoms with Crippen molar-refractivity contribution in [1.82, 2.24) is 4.31 Å². The molecule has 0 aliphatic carbocycles. The van der Waals surface area contributed by atoms with Gasteiger partial charge in [-0.2, -0.15) is 9.57 Å². The lowest BCUT2D eigenvalue weighted by Gasteiger charge is -2.36. The standard InChI is InChI=1S/C20H20FN3O4S/c1-14-6-7-15(20(25)28-2)12-19(14)29(26,27)24-10-8-23(9-11-24)18-5-3-4-17(21)16(18)13-22/h3-7,12H,8-11H2,1-2H3. The molecule has 0 N–H and O–H groups in total. The molecule has 0 spiro atoms. The van der Waals surface area contributed by atoms with Gasteiger partial charge in [-0.3, -0.25) is 0 Å². The fourth-order valence-electron chi connectivity index (χ4n) is 3.32. The number of sulfonamides is 1. The first-order valence-corrected chi connectivity index (χ1v) is 10.4. The molecule has 2 aromatic rings. The summed E-state index contributed by atoms with van der Waals surface area (Å²) in [6, 6.07) is 10.7. The summed E-state index contributed by atoms with van der Waals surface area (Å²) in [4.78, 5) is 13.6. The molecular formula is C20H20FN3O4S. The van der Waals surface area contributed by atoms with Crippen LogP contribution in [0, 0.1) is 24.1 Å². The Balaban J connectivity index is 1.83. The molecular weight excluding hydrogens is 397 g/mol. The Kier molecular flexibility index (Phi) is 5.86. The number of piperazine rings is 1. The number of halogens is 1. The third-order valence-electron chi connectivity index (χ3n) is 4.91. The number of anilines is 1. The first-order chi connectivity index (χ1) is 13.8. The Bertz CT molecular complexity index is 1090. The summed E-state index contributed by atoms with van der Waals surface area (Å²) >= 11 is 0. The van der Waals surface area contributed by atoms with Crippen LogP contribution in [0.25, 0.3) is 0 Å². The van der Waals surface area contributed by atoms with E-state index in [9.17, 15) is 22.9 Å². The predicted octanol–water partition coefficient (Wildman–Crippen LogP) is 2.30. The normalized spacial score (nSPS) is 15.0. The molecule has 1 saturated heterocycles. The molecule has 0 radical (unpaired) electrons. The number of aryl methyl sites for hydroxylation is 1. The second kappa shape index (κ2) is 8.19. The van der Waals surface area contributed by atoms with Gasteiger partial charge in [0.05, 0.1) is 23.3 Å². The lowest BCUT2D eigenvalue weighted by Crippen LogP contribution is -2.49. The third kappa shape index (κ3) is 3.95. The summed E-state index contributed by atoms with van der Waals surface area (Å²) in [6.45, 7) is 2.63. The second-order valence-electron chi connectivity index (χ2n) is 6.61. The third-order valence-corrected chi connectivity index (χ3v) is 6.95. The molecule has 1 heterocycles. The summed E-state index contributed by atoms with van der Waals surface area (Å²) in [6.07, 6.45) is 0. The van der Waals surface area contributed by atoms with Crippen LogP contribution in [-0.4, -0.2) is 52.0 Å². The number of rotatable bonds is 4. The average Bonchev–Trinajstić information content (AvgIpc) is 2.73. The number of carbonyl (C=O) groups is 1. The smallest absolute Gasteiger partial charge is 0.337 e. The van der Waals surface area contributed by atoms with Gasteiger partial charge in [-0.25, -0.2) is 17.6 Å². The zero-order chi connectivity index (χ0) is 21.2. The maximum absolute atomic E-state index is 13.9. The highest BCUT2D eigenvalue weighted by molar-refractivity contribution is 7.89. The highest BCUT2D eigenvalue weighted by Crippen LogP contribution is 2.27. The SMILES string of the molecule is COC(=O)c1ccc(C)c(S(=O)(=O)N2CCN(c3cccc(F)c3C#N)CC2)c1. The van der Waals surface area contributed by atoms with Crippen LogP contribution in [0.2, 0.25) is 0 Å². The minimum atomic E-state index is -3.83. The van der Waals surface area contributed by atoms with E-state index in [1.807, 2.05) is 6.07 Å². The van der Waals surface area contributed by atoms with E-state index >= 15 is 0 Å². The number of hydrogen-bond donors (Lipinski definition) is 0. The number of nitrogens with zero attached hydrogens (tertiary/aromatic N) is 3. The quantitative estimate of drug-likeness (QED) is 0.709. The summed E-state index contributed by atoms with van der Waals surface area (Å²) in [7, 11) is -2.59. The second-order valence-corrected chi connectivity index (χ2v) is 8.52. The molecule has 1 fully saturated rings. The van der Waals surface area contributed by atoms with Crippen LogP contribution < -0.4 is 4.90 Å². The first-order valence-electron chi connectivity index (χ1n) is 8.92. The van der Waals surface area contributed by atoms with Gasteiger partial charge in [0, 0.05) is 26.2 Å². The van der Waals surface area contributed by atoms with Crippen molar-refractivity contribution in [2.24, 2.45) is 0 Å². The van der Waals surface area contributed by atoms with E-state index in [0.29, 0.717) is 24.3 Å². The van der Waals surface area contributed by atoms with Gasteiger partial charge in [-0.05, 0) is 36.8 Å². The van der Waals surface area contributed by atoms with Crippen LogP contribution >= 0.6 is 0 Å². The fourth-order valence-corrected chi connectivity index (χ4v) is 4.99. The number of nitriles is 1. The molecule has 1 aliphatic rings. The molecule has 9 heteroatoms. The topological polar surface area (TPSA) is 90.7 Å². The van der Waals surface area contributed by atoms with Crippen molar-refractivity contribution < 1.29 is 22.3 Å². The minimum absolute atomic E-state index is 0.0505. The highest BCUT2D eigenvalue weighted by atomic mass is 32.2. The van der Waals surface area contributed by atoms with Crippen LogP contribution in [0.4, 0.5) is 10.1 Å². The van der Waals surface area contributed by atoms with Crippen molar-refractivity contribution in [1.29, 1.82) is 5.26 Å². The lowest BCUT2D eigenvalue weighted by atomic mass is 10.1. The number of ether oxygens (including phenoxy) is 1. The Morgan fingerprint density at radius 3 is 2.48 bits per heavy atom. The summed E-state index contributed by atoms with van der Waals surface area (Å²) in [5.41, 5.74) is 1.09. The Morgan fingerprint density at radius 1 is 1.17 bits per heavy atom. The van der Waals surface area contributed by atoms with Gasteiger partial charge < -0.3 is 9.64 Å². The Morgan fingerprint density at radius 2 is 1.86 bits per heavy atom. The average molecular weight is 417 g/mol. The van der Waals surface area contributed by atoms with E-state index in [1.54, 1.807) is 24.0 Å². The monoisotopic (exact) mass is 417 g/mol. The molecule has 1 aliphatic heterocycles. The van der Waals surface area contributed by atoms with Gasteiger partial charge >= 0.3 is 5.97 Å². The van der Waals surface area contributed by atoms with Crippen molar-refractivity contribution in [2.75, 3.05) is 38.2 Å². The summed E-state index contributed by atoms with van der Waals surface area (Å²) < 4.78 is 46.1. The Hall–Kier alpha value is -2.96. The van der Waals surface area contributed by atoms with Crippen LogP contribution in [0.3, 0.4) is 0 Å². The van der Waals surface area contributed by atoms with Crippen molar-refractivity contribution in [2.45, 2.75) is 11.8 Å². The van der Waals surface area contributed by atoms with Gasteiger partial charge in [0.1, 0.15) is 17.4 Å². The number of esters is 1. The highest BCUT2D eigenvalue weighted by Gasteiger charge is 2.31. The van der Waals surface area contributed by atoms with E-state index in [4.69, 9.17) is 0 Å². The molecule has 3 rings (SSSR count). The summed E-state index contributed by atoms with van der Waals surface area (Å²) in [5.74, 6) is -1.21. The van der Waals surface area contributed by atoms with Crippen molar-refractivity contribution in [3.05, 3.63) is 58.9 Å². The zero-order valence-corrected chi connectivity index (χ0v) is 16.9. The predicted molar refractivity (Wildman–Crippen MR) is 105 cm³/mol. The molecule has 0 aromatic heterocycles. The van der Waals surface area contributed by atoms with Gasteiger partial charge in [0.25, 0.3) is 0 Å². The van der Waals surface area contributed by atoms with Gasteiger partial charge in [-0.1, -0.05) is 12.1 Å². The molecule has 0 atom stereocenters. The van der Waals surface area contributed by atoms with E-state index in [1.165, 1.54) is 35.7 Å². The van der Waals surface area contributed by atoms with Gasteiger partial charge in [0.2, 0.25) is 10.0 Å². The molecule has 0 amide bonds. The molecule has 152 valence electrons. The number of methoxy groups -OCH3 is 1. The molecule has 2 aromatic carbocycles. The van der Waals surface area contributed by atoms with Crippen LogP contribution in [0.5, 0.6) is 0 Å². The van der Waals surface area contributed by atoms with E-state index in [2.05, 4.69) is 4.74 Å². The van der Waals surface area contributed by atoms with Crippen LogP contribution in [0.1, 0.15) is 21.5 Å². The fraction of sp³-hybridized carbons (Fsp3) is 0.300. The molecule has 0 unspecified atom stereocenters. The Labute approximate surface area is 169 Å². The number of hydrogen-bond acceptors (Lipinski definition) is 6. The maximum Gasteiger partial charge on any atom is 0.337 e. The van der Waals surface area contributed by atoms with E-state index in [0.717, 1.165) is 0 Å². The van der Waals surface area contributed by atoms with Crippen LogP contribution in [-0.2, 0) is 14.8 Å². The zero-order valence-electron chi connectivity index (χ0n) is 16.1. The minimum Gasteiger partial charge on any atom is -0.465 e. The largest absolute Gasteiger partial charge is 0.465 e. The van der Waals surface area contributed by atoms with Crippen molar-refractivity contribution >= 4 is 21.7 Å². The first kappa shape index (κ1) is 20.8. The lowest BCUT2D eigenvalue weighted by molar-refractivity contribution is 0.0600. The molecule has 29 heavy (non-hydrogen) atoms. The molecule has 0 saturated carbocycles. The van der Waals surface area contributed by atoms with Crippen molar-refractivity contribution in [3.8, 4) is 6.07 Å². The van der Waals surface area contributed by atoms with Gasteiger partial charge in [0.15, 0.2) is 0 Å². The number of benzene rings is 2. The van der Waals surface area contributed by atoms with E-state index in [-0.39, 0.29) is 29.1 Å². The summed E-state index contributed by atoms with van der Waals surface area (Å²) in [5, 5.41) is 9.22. The van der Waals surface area contributed by atoms with Gasteiger partial charge in [-0.15, -0.1) is 0 Å². The van der Waals surface area contributed by atoms with E-state index < -0.39 is 21.8 Å². The molecule has 7 nitrogen and oxygen atoms in total.